The van der Waals surface area contributed by atoms with Gasteiger partial charge < -0.3 is 15.0 Å². The molecule has 2 N–H and O–H groups in total. The Kier molecular flexibility index (Phi) is 6.60. The highest BCUT2D eigenvalue weighted by Gasteiger charge is 2.36. The summed E-state index contributed by atoms with van der Waals surface area (Å²) < 4.78 is 5.61. The molecular weight excluding hydrogens is 452 g/mol. The third kappa shape index (κ3) is 5.08. The summed E-state index contributed by atoms with van der Waals surface area (Å²) in [6.07, 6.45) is 0.623. The lowest BCUT2D eigenvalue weighted by Crippen LogP contribution is -2.44. The minimum absolute atomic E-state index is 0.0255. The fourth-order valence-electron chi connectivity index (χ4n) is 3.18. The first-order valence-corrected chi connectivity index (χ1v) is 10.5. The van der Waals surface area contributed by atoms with E-state index < -0.39 is 23.6 Å². The van der Waals surface area contributed by atoms with Crippen LogP contribution in [0.2, 0.25) is 0 Å². The van der Waals surface area contributed by atoms with Crippen LogP contribution >= 0.6 is 15.9 Å². The van der Waals surface area contributed by atoms with Gasteiger partial charge in [0.15, 0.2) is 0 Å². The number of rotatable bonds is 4. The lowest BCUT2D eigenvalue weighted by molar-refractivity contribution is -0.120. The normalized spacial score (nSPS) is 16.4. The Bertz CT molecular complexity index is 985. The minimum Gasteiger partial charge on any atom is -0.445 e. The fraction of sp³-hybridized carbons (Fsp3) is 0.429. The van der Waals surface area contributed by atoms with E-state index >= 15 is 0 Å². The minimum atomic E-state index is -0.707. The van der Waals surface area contributed by atoms with E-state index in [1.165, 1.54) is 4.90 Å². The molecule has 1 atom stereocenters. The first kappa shape index (κ1) is 22.0. The predicted octanol–water partition coefficient (Wildman–Crippen LogP) is 3.57. The quantitative estimate of drug-likeness (QED) is 0.656. The number of nitrogens with zero attached hydrogens (tertiary/aromatic N) is 2. The van der Waals surface area contributed by atoms with Crippen molar-refractivity contribution in [2.45, 2.75) is 51.7 Å². The van der Waals surface area contributed by atoms with E-state index in [0.29, 0.717) is 25.2 Å². The number of anilines is 1. The molecule has 3 rings (SSSR count). The molecule has 2 heterocycles. The van der Waals surface area contributed by atoms with Crippen molar-refractivity contribution in [1.82, 2.24) is 14.9 Å². The Balaban J connectivity index is 1.69. The standard InChI is InChI=1S/C21H25BrN4O4/c1-21(2,3)19-24-16(22)15(18(28)25-19)23-17(27)14-10-7-11-26(14)20(29)30-12-13-8-5-4-6-9-13/h4-6,8-9,14H,7,10-12H2,1-3H3,(H,23,27)(H,24,25,28). The number of aromatic nitrogens is 2. The van der Waals surface area contributed by atoms with Crippen LogP contribution in [0.1, 0.15) is 45.0 Å². The molecule has 9 heteroatoms. The Hall–Kier alpha value is -2.68. The van der Waals surface area contributed by atoms with Gasteiger partial charge in [0.1, 0.15) is 28.8 Å². The van der Waals surface area contributed by atoms with Crippen molar-refractivity contribution in [3.63, 3.8) is 0 Å². The van der Waals surface area contributed by atoms with Gasteiger partial charge in [-0.05, 0) is 34.3 Å². The number of aromatic amines is 1. The maximum Gasteiger partial charge on any atom is 0.410 e. The van der Waals surface area contributed by atoms with E-state index in [0.717, 1.165) is 5.56 Å². The van der Waals surface area contributed by atoms with E-state index in [-0.39, 0.29) is 22.3 Å². The van der Waals surface area contributed by atoms with Crippen LogP contribution in [0.15, 0.2) is 39.7 Å². The van der Waals surface area contributed by atoms with Gasteiger partial charge in [0, 0.05) is 12.0 Å². The van der Waals surface area contributed by atoms with Gasteiger partial charge in [-0.25, -0.2) is 9.78 Å². The average molecular weight is 477 g/mol. The zero-order valence-electron chi connectivity index (χ0n) is 17.2. The maximum absolute atomic E-state index is 12.8. The molecule has 1 unspecified atom stereocenters. The summed E-state index contributed by atoms with van der Waals surface area (Å²) in [6, 6.07) is 8.63. The number of nitrogens with one attached hydrogen (secondary N) is 2. The summed E-state index contributed by atoms with van der Waals surface area (Å²) in [6.45, 7) is 6.33. The highest BCUT2D eigenvalue weighted by molar-refractivity contribution is 9.10. The Morgan fingerprint density at radius 2 is 2.00 bits per heavy atom. The van der Waals surface area contributed by atoms with E-state index in [1.807, 2.05) is 51.1 Å². The third-order valence-electron chi connectivity index (χ3n) is 4.83. The largest absolute Gasteiger partial charge is 0.445 e. The highest BCUT2D eigenvalue weighted by Crippen LogP contribution is 2.24. The molecule has 0 bridgehead atoms. The summed E-state index contributed by atoms with van der Waals surface area (Å²) in [5.41, 5.74) is 0.0880. The maximum atomic E-state index is 12.8. The van der Waals surface area contributed by atoms with Gasteiger partial charge in [-0.15, -0.1) is 0 Å². The van der Waals surface area contributed by atoms with Crippen molar-refractivity contribution < 1.29 is 14.3 Å². The van der Waals surface area contributed by atoms with Crippen LogP contribution in [-0.4, -0.2) is 39.5 Å². The van der Waals surface area contributed by atoms with E-state index in [9.17, 15) is 14.4 Å². The van der Waals surface area contributed by atoms with Gasteiger partial charge in [0.2, 0.25) is 5.91 Å². The second kappa shape index (κ2) is 8.99. The van der Waals surface area contributed by atoms with Gasteiger partial charge in [0.25, 0.3) is 5.56 Å². The zero-order chi connectivity index (χ0) is 21.9. The number of carbonyl (C=O) groups excluding carboxylic acids is 2. The molecule has 8 nitrogen and oxygen atoms in total. The number of benzene rings is 1. The number of ether oxygens (including phenoxy) is 1. The molecule has 1 aliphatic rings. The average Bonchev–Trinajstić information content (AvgIpc) is 3.19. The number of hydrogen-bond acceptors (Lipinski definition) is 5. The number of halogens is 1. The summed E-state index contributed by atoms with van der Waals surface area (Å²) in [4.78, 5) is 46.3. The second-order valence-electron chi connectivity index (χ2n) is 8.21. The van der Waals surface area contributed by atoms with Crippen LogP contribution in [0.5, 0.6) is 0 Å². The Morgan fingerprint density at radius 3 is 2.63 bits per heavy atom. The molecule has 2 aromatic rings. The molecule has 30 heavy (non-hydrogen) atoms. The molecule has 0 radical (unpaired) electrons. The van der Waals surface area contributed by atoms with Gasteiger partial charge in [-0.3, -0.25) is 14.5 Å². The van der Waals surface area contributed by atoms with Crippen molar-refractivity contribution >= 4 is 33.6 Å². The van der Waals surface area contributed by atoms with Gasteiger partial charge in [-0.2, -0.15) is 0 Å². The smallest absolute Gasteiger partial charge is 0.410 e. The van der Waals surface area contributed by atoms with E-state index in [2.05, 4.69) is 31.2 Å². The predicted molar refractivity (Wildman–Crippen MR) is 116 cm³/mol. The van der Waals surface area contributed by atoms with E-state index in [4.69, 9.17) is 4.74 Å². The van der Waals surface area contributed by atoms with Gasteiger partial charge in [-0.1, -0.05) is 51.1 Å². The van der Waals surface area contributed by atoms with Crippen molar-refractivity contribution in [2.24, 2.45) is 0 Å². The van der Waals surface area contributed by atoms with Crippen LogP contribution in [-0.2, 0) is 21.6 Å². The fourth-order valence-corrected chi connectivity index (χ4v) is 3.63. The molecule has 1 fully saturated rings. The van der Waals surface area contributed by atoms with Crippen LogP contribution < -0.4 is 10.9 Å². The molecule has 1 aromatic carbocycles. The zero-order valence-corrected chi connectivity index (χ0v) is 18.8. The second-order valence-corrected chi connectivity index (χ2v) is 8.96. The van der Waals surface area contributed by atoms with Crippen LogP contribution in [0.3, 0.4) is 0 Å². The summed E-state index contributed by atoms with van der Waals surface area (Å²) in [5, 5.41) is 2.62. The Labute approximate surface area is 183 Å². The molecule has 160 valence electrons. The molecule has 2 amide bonds. The number of H-pyrrole nitrogens is 1. The Morgan fingerprint density at radius 1 is 1.30 bits per heavy atom. The first-order valence-electron chi connectivity index (χ1n) is 9.75. The summed E-state index contributed by atoms with van der Waals surface area (Å²) >= 11 is 3.27. The molecule has 1 saturated heterocycles. The van der Waals surface area contributed by atoms with Crippen LogP contribution in [0.4, 0.5) is 10.5 Å². The highest BCUT2D eigenvalue weighted by atomic mass is 79.9. The molecule has 0 saturated carbocycles. The van der Waals surface area contributed by atoms with E-state index in [1.54, 1.807) is 0 Å². The summed E-state index contributed by atoms with van der Waals surface area (Å²) in [7, 11) is 0. The van der Waals surface area contributed by atoms with Crippen molar-refractivity contribution in [3.8, 4) is 0 Å². The third-order valence-corrected chi connectivity index (χ3v) is 5.40. The summed E-state index contributed by atoms with van der Waals surface area (Å²) in [5.74, 6) is 0.0602. The van der Waals surface area contributed by atoms with Crippen molar-refractivity contribution in [2.75, 3.05) is 11.9 Å². The number of amides is 2. The molecule has 1 aliphatic heterocycles. The van der Waals surface area contributed by atoms with Crippen LogP contribution in [0.25, 0.3) is 0 Å². The van der Waals surface area contributed by atoms with Gasteiger partial charge in [0.05, 0.1) is 0 Å². The first-order chi connectivity index (χ1) is 14.2. The van der Waals surface area contributed by atoms with Crippen molar-refractivity contribution in [3.05, 3.63) is 56.7 Å². The molecular formula is C21H25BrN4O4. The number of carbonyl (C=O) groups is 2. The SMILES string of the molecule is CC(C)(C)c1nc(Br)c(NC(=O)C2CCCN2C(=O)OCc2ccccc2)c(=O)[nH]1. The molecule has 1 aromatic heterocycles. The topological polar surface area (TPSA) is 104 Å². The lowest BCUT2D eigenvalue weighted by atomic mass is 9.96. The number of likely N-dealkylation sites (tertiary alicyclic amines) is 1. The van der Waals surface area contributed by atoms with Crippen LogP contribution in [0, 0.1) is 0 Å². The van der Waals surface area contributed by atoms with Gasteiger partial charge >= 0.3 is 6.09 Å². The number of hydrogen-bond donors (Lipinski definition) is 2. The lowest BCUT2D eigenvalue weighted by Gasteiger charge is -2.23. The van der Waals surface area contributed by atoms with Crippen molar-refractivity contribution in [1.29, 1.82) is 0 Å². The molecule has 0 aliphatic carbocycles. The molecule has 0 spiro atoms. The monoisotopic (exact) mass is 476 g/mol.